The van der Waals surface area contributed by atoms with Crippen LogP contribution in [0.5, 0.6) is 0 Å². The van der Waals surface area contributed by atoms with E-state index in [1.54, 1.807) is 22.8 Å². The van der Waals surface area contributed by atoms with Gasteiger partial charge in [0.2, 0.25) is 0 Å². The van der Waals surface area contributed by atoms with Crippen LogP contribution in [-0.2, 0) is 16.9 Å². The van der Waals surface area contributed by atoms with Crippen LogP contribution in [0.25, 0.3) is 27.9 Å². The number of aliphatic hydroxyl groups is 1. The summed E-state index contributed by atoms with van der Waals surface area (Å²) in [7, 11) is 0. The number of amides is 2. The van der Waals surface area contributed by atoms with E-state index in [1.807, 2.05) is 49.3 Å². The third-order valence-corrected chi connectivity index (χ3v) is 9.83. The van der Waals surface area contributed by atoms with E-state index in [4.69, 9.17) is 9.84 Å². The van der Waals surface area contributed by atoms with Crippen LogP contribution in [0.1, 0.15) is 75.0 Å². The number of piperidine rings is 1. The van der Waals surface area contributed by atoms with Crippen molar-refractivity contribution < 1.29 is 32.6 Å². The van der Waals surface area contributed by atoms with Crippen LogP contribution in [0.2, 0.25) is 0 Å². The summed E-state index contributed by atoms with van der Waals surface area (Å²) in [5, 5.41) is 18.9. The normalized spacial score (nSPS) is 22.7. The lowest BCUT2D eigenvalue weighted by atomic mass is 10.0. The number of likely N-dealkylation sites (tertiary alicyclic amines) is 1. The Hall–Kier alpha value is -4.13. The Morgan fingerprint density at radius 3 is 2.49 bits per heavy atom. The van der Waals surface area contributed by atoms with Crippen LogP contribution in [0.15, 0.2) is 36.5 Å². The smallest absolute Gasteiger partial charge is 0.422 e. The monoisotopic (exact) mass is 652 g/mol. The van der Waals surface area contributed by atoms with Gasteiger partial charge in [-0.15, -0.1) is 0 Å². The largest absolute Gasteiger partial charge is 0.444 e. The zero-order chi connectivity index (χ0) is 33.6. The minimum Gasteiger partial charge on any atom is -0.444 e. The zero-order valence-corrected chi connectivity index (χ0v) is 27.1. The molecule has 10 nitrogen and oxygen atoms in total. The van der Waals surface area contributed by atoms with Crippen molar-refractivity contribution in [3.63, 3.8) is 0 Å². The highest BCUT2D eigenvalue weighted by atomic mass is 19.4. The first-order valence-electron chi connectivity index (χ1n) is 16.1. The van der Waals surface area contributed by atoms with E-state index in [0.29, 0.717) is 53.9 Å². The number of hydrogen-bond donors (Lipinski definition) is 2. The van der Waals surface area contributed by atoms with Gasteiger partial charge in [0, 0.05) is 30.2 Å². The lowest BCUT2D eigenvalue weighted by Gasteiger charge is -2.28. The second-order valence-corrected chi connectivity index (χ2v) is 14.5. The average molecular weight is 653 g/mol. The van der Waals surface area contributed by atoms with Crippen LogP contribution in [0.3, 0.4) is 0 Å². The summed E-state index contributed by atoms with van der Waals surface area (Å²) >= 11 is 0. The van der Waals surface area contributed by atoms with Gasteiger partial charge in [0.15, 0.2) is 5.60 Å². The molecule has 13 heteroatoms. The molecular formula is C34H39F3N6O4. The van der Waals surface area contributed by atoms with Gasteiger partial charge in [0.05, 0.1) is 34.6 Å². The third kappa shape index (κ3) is 5.51. The lowest BCUT2D eigenvalue weighted by molar-refractivity contribution is -0.260. The number of halogens is 3. The molecule has 1 aliphatic heterocycles. The van der Waals surface area contributed by atoms with E-state index in [1.165, 1.54) is 6.07 Å². The molecule has 7 rings (SSSR count). The van der Waals surface area contributed by atoms with E-state index < -0.39 is 29.2 Å². The fourth-order valence-corrected chi connectivity index (χ4v) is 7.08. The second-order valence-electron chi connectivity index (χ2n) is 14.5. The number of nitrogens with one attached hydrogen (secondary N) is 1. The maximum absolute atomic E-state index is 13.8. The van der Waals surface area contributed by atoms with Crippen molar-refractivity contribution in [2.45, 2.75) is 96.3 Å². The molecule has 3 fully saturated rings. The van der Waals surface area contributed by atoms with Crippen LogP contribution in [-0.4, -0.2) is 71.6 Å². The topological polar surface area (TPSA) is 114 Å². The SMILES string of the molecule is Cc1c(-c2cc3ccc(C(C)(O)C(F)(F)F)nc3n2CC2CC2)nn2cc(C(=O)N3CC4CCC3[C@@H]4NC(=O)OC(C)(C)C)ccc12. The first-order chi connectivity index (χ1) is 22.0. The minimum atomic E-state index is -4.89. The van der Waals surface area contributed by atoms with Gasteiger partial charge in [-0.2, -0.15) is 18.3 Å². The molecule has 2 bridgehead atoms. The number of pyridine rings is 2. The molecule has 3 aliphatic rings. The number of aryl methyl sites for hydroxylation is 1. The molecule has 2 N–H and O–H groups in total. The number of alkyl carbamates (subject to hydrolysis) is 1. The summed E-state index contributed by atoms with van der Waals surface area (Å²) in [6, 6.07) is 7.99. The molecule has 47 heavy (non-hydrogen) atoms. The van der Waals surface area contributed by atoms with E-state index in [-0.39, 0.29) is 23.9 Å². The van der Waals surface area contributed by atoms with Gasteiger partial charge in [-0.1, -0.05) is 0 Å². The van der Waals surface area contributed by atoms with E-state index in [2.05, 4.69) is 10.3 Å². The Labute approximate surface area is 269 Å². The summed E-state index contributed by atoms with van der Waals surface area (Å²) in [5.74, 6) is 0.395. The highest BCUT2D eigenvalue weighted by Gasteiger charge is 2.53. The summed E-state index contributed by atoms with van der Waals surface area (Å²) < 4.78 is 50.1. The maximum atomic E-state index is 13.8. The van der Waals surface area contributed by atoms with Crippen molar-refractivity contribution in [2.75, 3.05) is 6.54 Å². The van der Waals surface area contributed by atoms with E-state index >= 15 is 0 Å². The van der Waals surface area contributed by atoms with Crippen LogP contribution < -0.4 is 5.32 Å². The number of carbonyl (C=O) groups excluding carboxylic acids is 2. The van der Waals surface area contributed by atoms with Crippen LogP contribution in [0.4, 0.5) is 18.0 Å². The number of nitrogens with zero attached hydrogens (tertiary/aromatic N) is 5. The lowest BCUT2D eigenvalue weighted by Crippen LogP contribution is -2.46. The highest BCUT2D eigenvalue weighted by molar-refractivity contribution is 5.95. The molecule has 2 aliphatic carbocycles. The van der Waals surface area contributed by atoms with Gasteiger partial charge in [0.1, 0.15) is 16.9 Å². The summed E-state index contributed by atoms with van der Waals surface area (Å²) in [5.41, 5.74) is -0.355. The standard InChI is InChI=1S/C34H39F3N6O4/c1-18-23-11-9-22(30(44)42-16-21-8-12-24(42)28(21)39-31(45)47-32(2,3)4)17-43(23)40-27(18)25-14-20-10-13-26(33(5,46)34(35,36)37)38-29(20)41(25)15-19-6-7-19/h9-11,13-14,17,19,21,24,28,46H,6-8,12,15-16H2,1-5H3,(H,39,45)/t21?,24?,28-,33?/m1/s1. The van der Waals surface area contributed by atoms with Gasteiger partial charge in [-0.05, 0) is 102 Å². The molecule has 4 aromatic heterocycles. The van der Waals surface area contributed by atoms with Gasteiger partial charge in [0.25, 0.3) is 5.91 Å². The van der Waals surface area contributed by atoms with Crippen molar-refractivity contribution in [2.24, 2.45) is 11.8 Å². The highest BCUT2D eigenvalue weighted by Crippen LogP contribution is 2.41. The Balaban J connectivity index is 1.20. The fourth-order valence-electron chi connectivity index (χ4n) is 7.08. The number of hydrogen-bond acceptors (Lipinski definition) is 6. The average Bonchev–Trinajstić information content (AvgIpc) is 3.34. The quantitative estimate of drug-likeness (QED) is 0.266. The Kier molecular flexibility index (Phi) is 7.16. The van der Waals surface area contributed by atoms with Crippen molar-refractivity contribution >= 4 is 28.6 Å². The Bertz CT molecular complexity index is 1900. The number of aromatic nitrogens is 4. The van der Waals surface area contributed by atoms with Gasteiger partial charge < -0.3 is 24.6 Å². The summed E-state index contributed by atoms with van der Waals surface area (Å²) in [4.78, 5) is 32.5. The Morgan fingerprint density at radius 1 is 1.06 bits per heavy atom. The molecule has 1 saturated heterocycles. The molecule has 2 saturated carbocycles. The molecule has 3 unspecified atom stereocenters. The molecule has 0 radical (unpaired) electrons. The predicted octanol–water partition coefficient (Wildman–Crippen LogP) is 5.97. The van der Waals surface area contributed by atoms with Gasteiger partial charge in [-0.3, -0.25) is 4.79 Å². The fraction of sp³-hybridized carbons (Fsp3) is 0.529. The molecule has 2 amide bonds. The maximum Gasteiger partial charge on any atom is 0.422 e. The number of ether oxygens (including phenoxy) is 1. The molecule has 4 atom stereocenters. The zero-order valence-electron chi connectivity index (χ0n) is 27.1. The molecule has 0 spiro atoms. The molecule has 0 aromatic carbocycles. The van der Waals surface area contributed by atoms with Crippen LogP contribution in [0, 0.1) is 18.8 Å². The van der Waals surface area contributed by atoms with Gasteiger partial charge >= 0.3 is 12.3 Å². The summed E-state index contributed by atoms with van der Waals surface area (Å²) in [6.45, 7) is 9.19. The molecule has 4 aromatic rings. The van der Waals surface area contributed by atoms with E-state index in [9.17, 15) is 27.9 Å². The van der Waals surface area contributed by atoms with Crippen molar-refractivity contribution in [3.05, 3.63) is 53.3 Å². The van der Waals surface area contributed by atoms with Crippen molar-refractivity contribution in [1.82, 2.24) is 29.4 Å². The number of rotatable bonds is 6. The first kappa shape index (κ1) is 31.5. The summed E-state index contributed by atoms with van der Waals surface area (Å²) in [6.07, 6.45) is 0.0927. The van der Waals surface area contributed by atoms with Crippen molar-refractivity contribution in [1.29, 1.82) is 0 Å². The van der Waals surface area contributed by atoms with Crippen LogP contribution >= 0.6 is 0 Å². The minimum absolute atomic E-state index is 0.126. The number of carbonyl (C=O) groups is 2. The predicted molar refractivity (Wildman–Crippen MR) is 168 cm³/mol. The first-order valence-corrected chi connectivity index (χ1v) is 16.1. The number of fused-ring (bicyclic) bond motifs is 4. The van der Waals surface area contributed by atoms with Crippen molar-refractivity contribution in [3.8, 4) is 11.4 Å². The molecule has 5 heterocycles. The molecule has 250 valence electrons. The number of alkyl halides is 3. The Morgan fingerprint density at radius 2 is 1.81 bits per heavy atom. The van der Waals surface area contributed by atoms with E-state index in [0.717, 1.165) is 36.8 Å². The van der Waals surface area contributed by atoms with Gasteiger partial charge in [-0.25, -0.2) is 14.3 Å². The molecular weight excluding hydrogens is 613 g/mol. The second kappa shape index (κ2) is 10.7. The third-order valence-electron chi connectivity index (χ3n) is 9.83.